The van der Waals surface area contributed by atoms with Crippen molar-refractivity contribution in [2.24, 2.45) is 0 Å². The third kappa shape index (κ3) is 4.86. The molecule has 0 saturated heterocycles. The van der Waals surface area contributed by atoms with E-state index in [4.69, 9.17) is 0 Å². The van der Waals surface area contributed by atoms with Crippen molar-refractivity contribution in [3.05, 3.63) is 78.8 Å². The third-order valence-electron chi connectivity index (χ3n) is 4.78. The molecule has 7 nitrogen and oxygen atoms in total. The lowest BCUT2D eigenvalue weighted by Crippen LogP contribution is -2.20. The van der Waals surface area contributed by atoms with Gasteiger partial charge in [0.05, 0.1) is 11.9 Å². The number of hydrogen-bond donors (Lipinski definition) is 1. The zero-order chi connectivity index (χ0) is 22.6. The fourth-order valence-corrected chi connectivity index (χ4v) is 4.07. The van der Waals surface area contributed by atoms with Gasteiger partial charge in [-0.2, -0.15) is 0 Å². The first-order valence-electron chi connectivity index (χ1n) is 10.2. The summed E-state index contributed by atoms with van der Waals surface area (Å²) in [6.07, 6.45) is 4.88. The predicted octanol–water partition coefficient (Wildman–Crippen LogP) is 4.75. The zero-order valence-corrected chi connectivity index (χ0v) is 19.0. The van der Waals surface area contributed by atoms with Gasteiger partial charge in [0.25, 0.3) is 0 Å². The Hall–Kier alpha value is -3.52. The lowest BCUT2D eigenvalue weighted by Gasteiger charge is -2.23. The Kier molecular flexibility index (Phi) is 6.32. The summed E-state index contributed by atoms with van der Waals surface area (Å²) in [5, 5.41) is 12.3. The molecule has 0 unspecified atom stereocenters. The number of carbonyl (C=O) groups excluding carboxylic acids is 1. The highest BCUT2D eigenvalue weighted by Crippen LogP contribution is 2.30. The van der Waals surface area contributed by atoms with Crippen molar-refractivity contribution in [1.82, 2.24) is 24.7 Å². The fraction of sp³-hybridized carbons (Fsp3) is 0.208. The van der Waals surface area contributed by atoms with Crippen LogP contribution in [0, 0.1) is 0 Å². The number of amides is 1. The Balaban J connectivity index is 1.57. The molecule has 0 aliphatic rings. The largest absolute Gasteiger partial charge is 0.325 e. The van der Waals surface area contributed by atoms with Gasteiger partial charge in [-0.3, -0.25) is 14.3 Å². The molecule has 2 aromatic carbocycles. The summed E-state index contributed by atoms with van der Waals surface area (Å²) in [7, 11) is 0. The number of anilines is 1. The first kappa shape index (κ1) is 21.7. The molecule has 32 heavy (non-hydrogen) atoms. The van der Waals surface area contributed by atoms with Crippen molar-refractivity contribution < 1.29 is 4.79 Å². The molecule has 162 valence electrons. The molecule has 0 saturated carbocycles. The lowest BCUT2D eigenvalue weighted by atomic mass is 9.86. The van der Waals surface area contributed by atoms with Gasteiger partial charge in [-0.15, -0.1) is 10.2 Å². The molecule has 2 heterocycles. The van der Waals surface area contributed by atoms with Crippen LogP contribution in [-0.2, 0) is 10.2 Å². The number of nitrogens with one attached hydrogen (secondary N) is 1. The predicted molar refractivity (Wildman–Crippen MR) is 127 cm³/mol. The highest BCUT2D eigenvalue weighted by molar-refractivity contribution is 7.99. The van der Waals surface area contributed by atoms with Gasteiger partial charge < -0.3 is 5.32 Å². The molecule has 0 fully saturated rings. The van der Waals surface area contributed by atoms with Gasteiger partial charge in [0.15, 0.2) is 11.0 Å². The van der Waals surface area contributed by atoms with E-state index in [1.165, 1.54) is 11.8 Å². The number of thioether (sulfide) groups is 1. The van der Waals surface area contributed by atoms with Crippen LogP contribution < -0.4 is 5.32 Å². The Bertz CT molecular complexity index is 1200. The van der Waals surface area contributed by atoms with E-state index < -0.39 is 0 Å². The average Bonchev–Trinajstić information content (AvgIpc) is 3.22. The number of benzene rings is 2. The second-order valence-electron chi connectivity index (χ2n) is 8.20. The Morgan fingerprint density at radius 3 is 2.47 bits per heavy atom. The number of nitrogens with zero attached hydrogens (tertiary/aromatic N) is 5. The summed E-state index contributed by atoms with van der Waals surface area (Å²) in [6.45, 7) is 6.38. The van der Waals surface area contributed by atoms with E-state index in [9.17, 15) is 4.79 Å². The van der Waals surface area contributed by atoms with Gasteiger partial charge in [-0.25, -0.2) is 4.98 Å². The summed E-state index contributed by atoms with van der Waals surface area (Å²) in [4.78, 5) is 21.3. The first-order valence-corrected chi connectivity index (χ1v) is 11.2. The van der Waals surface area contributed by atoms with E-state index in [1.807, 2.05) is 59.2 Å². The van der Waals surface area contributed by atoms with Crippen molar-refractivity contribution in [1.29, 1.82) is 0 Å². The summed E-state index contributed by atoms with van der Waals surface area (Å²) in [5.74, 6) is 0.671. The minimum atomic E-state index is -0.102. The van der Waals surface area contributed by atoms with Crippen LogP contribution in [-0.4, -0.2) is 36.4 Å². The number of hydrogen-bond acceptors (Lipinski definition) is 6. The van der Waals surface area contributed by atoms with E-state index in [0.717, 1.165) is 16.9 Å². The van der Waals surface area contributed by atoms with Crippen LogP contribution in [0.3, 0.4) is 0 Å². The number of para-hydroxylation sites is 2. The minimum absolute atomic E-state index is 0.0733. The molecule has 0 atom stereocenters. The second-order valence-corrected chi connectivity index (χ2v) is 9.14. The van der Waals surface area contributed by atoms with Gasteiger partial charge in [0.2, 0.25) is 5.91 Å². The van der Waals surface area contributed by atoms with E-state index >= 15 is 0 Å². The van der Waals surface area contributed by atoms with Crippen LogP contribution in [0.1, 0.15) is 26.3 Å². The van der Waals surface area contributed by atoms with Crippen LogP contribution in [0.4, 0.5) is 5.69 Å². The number of rotatable bonds is 6. The zero-order valence-electron chi connectivity index (χ0n) is 18.2. The molecule has 4 aromatic rings. The molecule has 0 aliphatic carbocycles. The quantitative estimate of drug-likeness (QED) is 0.432. The SMILES string of the molecule is CC(C)(C)c1ccccc1NC(=O)CSc1nnc(-c2cnccn2)n1-c1ccccc1. The fourth-order valence-electron chi connectivity index (χ4n) is 3.32. The molecule has 0 aliphatic heterocycles. The molecule has 0 radical (unpaired) electrons. The van der Waals surface area contributed by atoms with Gasteiger partial charge in [0, 0.05) is 23.8 Å². The normalized spacial score (nSPS) is 11.3. The topological polar surface area (TPSA) is 85.6 Å². The standard InChI is InChI=1S/C24H24N6OS/c1-24(2,3)18-11-7-8-12-19(18)27-21(31)16-32-23-29-28-22(20-15-25-13-14-26-20)30(23)17-9-5-4-6-10-17/h4-15H,16H2,1-3H3,(H,27,31). The monoisotopic (exact) mass is 444 g/mol. The molecule has 2 aromatic heterocycles. The van der Waals surface area contributed by atoms with Crippen molar-refractivity contribution in [3.8, 4) is 17.2 Å². The van der Waals surface area contributed by atoms with Crippen LogP contribution in [0.2, 0.25) is 0 Å². The summed E-state index contributed by atoms with van der Waals surface area (Å²) in [5.41, 5.74) is 3.35. The molecule has 4 rings (SSSR count). The van der Waals surface area contributed by atoms with Crippen LogP contribution >= 0.6 is 11.8 Å². The molecule has 0 bridgehead atoms. The van der Waals surface area contributed by atoms with E-state index in [0.29, 0.717) is 16.7 Å². The molecule has 0 spiro atoms. The van der Waals surface area contributed by atoms with Gasteiger partial charge in [-0.1, -0.05) is 68.9 Å². The highest BCUT2D eigenvalue weighted by atomic mass is 32.2. The number of aromatic nitrogens is 5. The molecule has 8 heteroatoms. The van der Waals surface area contributed by atoms with E-state index in [-0.39, 0.29) is 17.1 Å². The Morgan fingerprint density at radius 1 is 1.00 bits per heavy atom. The van der Waals surface area contributed by atoms with Crippen molar-refractivity contribution in [2.75, 3.05) is 11.1 Å². The maximum atomic E-state index is 12.8. The Morgan fingerprint density at radius 2 is 1.75 bits per heavy atom. The smallest absolute Gasteiger partial charge is 0.234 e. The summed E-state index contributed by atoms with van der Waals surface area (Å²) < 4.78 is 1.89. The summed E-state index contributed by atoms with van der Waals surface area (Å²) in [6, 6.07) is 17.7. The molecular formula is C24H24N6OS. The first-order chi connectivity index (χ1) is 15.4. The van der Waals surface area contributed by atoms with Gasteiger partial charge in [0.1, 0.15) is 5.69 Å². The highest BCUT2D eigenvalue weighted by Gasteiger charge is 2.20. The molecule has 1 amide bonds. The minimum Gasteiger partial charge on any atom is -0.325 e. The molecule has 1 N–H and O–H groups in total. The maximum Gasteiger partial charge on any atom is 0.234 e. The maximum absolute atomic E-state index is 12.8. The average molecular weight is 445 g/mol. The lowest BCUT2D eigenvalue weighted by molar-refractivity contribution is -0.113. The van der Waals surface area contributed by atoms with Crippen molar-refractivity contribution in [3.63, 3.8) is 0 Å². The van der Waals surface area contributed by atoms with Crippen molar-refractivity contribution >= 4 is 23.4 Å². The van der Waals surface area contributed by atoms with Crippen molar-refractivity contribution in [2.45, 2.75) is 31.3 Å². The second kappa shape index (κ2) is 9.32. The summed E-state index contributed by atoms with van der Waals surface area (Å²) >= 11 is 1.33. The van der Waals surface area contributed by atoms with Gasteiger partial charge in [-0.05, 0) is 29.2 Å². The van der Waals surface area contributed by atoms with E-state index in [1.54, 1.807) is 18.6 Å². The molecular weight excluding hydrogens is 420 g/mol. The van der Waals surface area contributed by atoms with Crippen LogP contribution in [0.15, 0.2) is 78.3 Å². The van der Waals surface area contributed by atoms with Crippen LogP contribution in [0.5, 0.6) is 0 Å². The third-order valence-corrected chi connectivity index (χ3v) is 5.71. The Labute approximate surface area is 191 Å². The number of carbonyl (C=O) groups is 1. The van der Waals surface area contributed by atoms with E-state index in [2.05, 4.69) is 46.3 Å². The van der Waals surface area contributed by atoms with Gasteiger partial charge >= 0.3 is 0 Å². The van der Waals surface area contributed by atoms with Crippen LogP contribution in [0.25, 0.3) is 17.2 Å².